The van der Waals surface area contributed by atoms with Gasteiger partial charge in [-0.3, -0.25) is 19.0 Å². The van der Waals surface area contributed by atoms with Crippen molar-refractivity contribution < 1.29 is 9.59 Å². The zero-order chi connectivity index (χ0) is 18.5. The first-order valence-electron chi connectivity index (χ1n) is 8.83. The van der Waals surface area contributed by atoms with Gasteiger partial charge in [0.25, 0.3) is 0 Å². The Morgan fingerprint density at radius 1 is 1.23 bits per heavy atom. The molecule has 1 fully saturated rings. The molecule has 2 aromatic heterocycles. The molecule has 0 saturated heterocycles. The molecular weight excluding hydrogens is 334 g/mol. The average molecular weight is 359 g/mol. The predicted molar refractivity (Wildman–Crippen MR) is 96.3 cm³/mol. The summed E-state index contributed by atoms with van der Waals surface area (Å²) in [5.41, 5.74) is 1.32. The van der Waals surface area contributed by atoms with E-state index in [0.29, 0.717) is 5.69 Å². The summed E-state index contributed by atoms with van der Waals surface area (Å²) >= 11 is 0. The summed E-state index contributed by atoms with van der Waals surface area (Å²) in [6.07, 6.45) is 11.1. The van der Waals surface area contributed by atoms with Gasteiger partial charge < -0.3 is 16.0 Å². The molecule has 2 amide bonds. The van der Waals surface area contributed by atoms with Crippen molar-refractivity contribution in [3.8, 4) is 0 Å². The first-order valence-corrected chi connectivity index (χ1v) is 8.83. The lowest BCUT2D eigenvalue weighted by molar-refractivity contribution is -0.122. The van der Waals surface area contributed by atoms with E-state index < -0.39 is 6.04 Å². The highest BCUT2D eigenvalue weighted by Gasteiger charge is 2.21. The van der Waals surface area contributed by atoms with Gasteiger partial charge in [-0.15, -0.1) is 0 Å². The third-order valence-corrected chi connectivity index (χ3v) is 4.54. The van der Waals surface area contributed by atoms with Gasteiger partial charge >= 0.3 is 0 Å². The number of nitrogens with zero attached hydrogens (tertiary/aromatic N) is 4. The van der Waals surface area contributed by atoms with Crippen LogP contribution in [-0.2, 0) is 23.2 Å². The number of aromatic nitrogens is 4. The molecule has 1 saturated carbocycles. The molecule has 0 aromatic carbocycles. The normalized spacial score (nSPS) is 15.8. The topological polar surface area (TPSA) is 106 Å². The molecule has 2 aromatic rings. The Labute approximate surface area is 152 Å². The molecule has 1 aliphatic carbocycles. The third-order valence-electron chi connectivity index (χ3n) is 4.54. The summed E-state index contributed by atoms with van der Waals surface area (Å²) in [7, 11) is 3.52. The van der Waals surface area contributed by atoms with Crippen LogP contribution in [0, 0.1) is 0 Å². The summed E-state index contributed by atoms with van der Waals surface area (Å²) in [4.78, 5) is 24.6. The number of hydrogen-bond donors (Lipinski definition) is 3. The SMILES string of the molecule is CNC(C(=O)Nc1cnn(CC(=O)NC2CCCC2)c1)c1cnn(C)c1. The molecule has 0 bridgehead atoms. The first kappa shape index (κ1) is 18.1. The number of aryl methyl sites for hydroxylation is 1. The number of carbonyl (C=O) groups excluding carboxylic acids is 2. The molecule has 140 valence electrons. The number of amides is 2. The van der Waals surface area contributed by atoms with Crippen molar-refractivity contribution in [1.82, 2.24) is 30.2 Å². The molecular formula is C17H25N7O2. The van der Waals surface area contributed by atoms with Crippen LogP contribution in [0.25, 0.3) is 0 Å². The van der Waals surface area contributed by atoms with Gasteiger partial charge in [0.1, 0.15) is 12.6 Å². The summed E-state index contributed by atoms with van der Waals surface area (Å²) in [6, 6.07) is -0.231. The summed E-state index contributed by atoms with van der Waals surface area (Å²) in [5, 5.41) is 17.0. The number of hydrogen-bond acceptors (Lipinski definition) is 5. The van der Waals surface area contributed by atoms with E-state index in [1.54, 1.807) is 37.4 Å². The smallest absolute Gasteiger partial charge is 0.246 e. The lowest BCUT2D eigenvalue weighted by atomic mass is 10.1. The number of anilines is 1. The average Bonchev–Trinajstić information content (AvgIpc) is 3.32. The van der Waals surface area contributed by atoms with Crippen LogP contribution in [0.15, 0.2) is 24.8 Å². The highest BCUT2D eigenvalue weighted by molar-refractivity contribution is 5.95. The molecule has 2 heterocycles. The molecule has 9 nitrogen and oxygen atoms in total. The Bertz CT molecular complexity index is 761. The number of likely N-dealkylation sites (N-methyl/N-ethyl adjacent to an activating group) is 1. The Morgan fingerprint density at radius 3 is 2.65 bits per heavy atom. The maximum Gasteiger partial charge on any atom is 0.246 e. The maximum absolute atomic E-state index is 12.5. The van der Waals surface area contributed by atoms with Crippen LogP contribution >= 0.6 is 0 Å². The molecule has 0 spiro atoms. The Kier molecular flexibility index (Phi) is 5.67. The van der Waals surface area contributed by atoms with Gasteiger partial charge in [-0.1, -0.05) is 12.8 Å². The van der Waals surface area contributed by atoms with E-state index in [1.165, 1.54) is 23.7 Å². The summed E-state index contributed by atoms with van der Waals surface area (Å²) in [5.74, 6) is -0.267. The zero-order valence-corrected chi connectivity index (χ0v) is 15.1. The van der Waals surface area contributed by atoms with E-state index in [4.69, 9.17) is 0 Å². The lowest BCUT2D eigenvalue weighted by Gasteiger charge is -2.13. The van der Waals surface area contributed by atoms with E-state index in [9.17, 15) is 9.59 Å². The fourth-order valence-corrected chi connectivity index (χ4v) is 3.26. The van der Waals surface area contributed by atoms with E-state index in [-0.39, 0.29) is 24.4 Å². The minimum atomic E-state index is -0.516. The number of rotatable bonds is 7. The van der Waals surface area contributed by atoms with Crippen LogP contribution in [-0.4, -0.2) is 44.5 Å². The third kappa shape index (κ3) is 4.48. The van der Waals surface area contributed by atoms with Crippen molar-refractivity contribution in [2.24, 2.45) is 7.05 Å². The second kappa shape index (κ2) is 8.13. The van der Waals surface area contributed by atoms with E-state index in [2.05, 4.69) is 26.1 Å². The molecule has 1 unspecified atom stereocenters. The van der Waals surface area contributed by atoms with Gasteiger partial charge in [-0.2, -0.15) is 10.2 Å². The number of carbonyl (C=O) groups is 2. The highest BCUT2D eigenvalue weighted by Crippen LogP contribution is 2.18. The molecule has 3 N–H and O–H groups in total. The second-order valence-corrected chi connectivity index (χ2v) is 6.63. The molecule has 26 heavy (non-hydrogen) atoms. The van der Waals surface area contributed by atoms with Gasteiger partial charge in [-0.25, -0.2) is 0 Å². The Morgan fingerprint density at radius 2 is 2.00 bits per heavy atom. The largest absolute Gasteiger partial charge is 0.352 e. The van der Waals surface area contributed by atoms with Gasteiger partial charge in [0, 0.05) is 31.0 Å². The van der Waals surface area contributed by atoms with Crippen LogP contribution in [0.5, 0.6) is 0 Å². The predicted octanol–water partition coefficient (Wildman–Crippen LogP) is 0.575. The first-order chi connectivity index (χ1) is 12.5. The molecule has 0 radical (unpaired) electrons. The second-order valence-electron chi connectivity index (χ2n) is 6.63. The van der Waals surface area contributed by atoms with Crippen molar-refractivity contribution >= 4 is 17.5 Å². The van der Waals surface area contributed by atoms with Gasteiger partial charge in [0.15, 0.2) is 0 Å². The minimum Gasteiger partial charge on any atom is -0.352 e. The van der Waals surface area contributed by atoms with Crippen LogP contribution < -0.4 is 16.0 Å². The van der Waals surface area contributed by atoms with Crippen LogP contribution in [0.2, 0.25) is 0 Å². The van der Waals surface area contributed by atoms with E-state index >= 15 is 0 Å². The van der Waals surface area contributed by atoms with Gasteiger partial charge in [-0.05, 0) is 19.9 Å². The summed E-state index contributed by atoms with van der Waals surface area (Å²) in [6.45, 7) is 0.143. The van der Waals surface area contributed by atoms with Crippen LogP contribution in [0.1, 0.15) is 37.3 Å². The standard InChI is InChI=1S/C17H25N7O2/c1-18-16(12-7-19-23(2)9-12)17(26)22-14-8-20-24(10-14)11-15(25)21-13-5-3-4-6-13/h7-10,13,16,18H,3-6,11H2,1-2H3,(H,21,25)(H,22,26). The van der Waals surface area contributed by atoms with Crippen molar-refractivity contribution in [1.29, 1.82) is 0 Å². The fourth-order valence-electron chi connectivity index (χ4n) is 3.26. The molecule has 9 heteroatoms. The molecule has 0 aliphatic heterocycles. The maximum atomic E-state index is 12.5. The highest BCUT2D eigenvalue weighted by atomic mass is 16.2. The quantitative estimate of drug-likeness (QED) is 0.670. The molecule has 3 rings (SSSR count). The Balaban J connectivity index is 1.55. The fraction of sp³-hybridized carbons (Fsp3) is 0.529. The van der Waals surface area contributed by atoms with Gasteiger partial charge in [0.05, 0.1) is 18.1 Å². The molecule has 1 atom stereocenters. The zero-order valence-electron chi connectivity index (χ0n) is 15.1. The van der Waals surface area contributed by atoms with Crippen LogP contribution in [0.3, 0.4) is 0 Å². The van der Waals surface area contributed by atoms with Gasteiger partial charge in [0.2, 0.25) is 11.8 Å². The van der Waals surface area contributed by atoms with E-state index in [0.717, 1.165) is 18.4 Å². The minimum absolute atomic E-state index is 0.0543. The van der Waals surface area contributed by atoms with Crippen molar-refractivity contribution in [2.75, 3.05) is 12.4 Å². The Hall–Kier alpha value is -2.68. The summed E-state index contributed by atoms with van der Waals surface area (Å²) < 4.78 is 3.17. The monoisotopic (exact) mass is 359 g/mol. The lowest BCUT2D eigenvalue weighted by Crippen LogP contribution is -2.35. The van der Waals surface area contributed by atoms with Crippen LogP contribution in [0.4, 0.5) is 5.69 Å². The van der Waals surface area contributed by atoms with Crippen molar-refractivity contribution in [2.45, 2.75) is 44.3 Å². The van der Waals surface area contributed by atoms with E-state index in [1.807, 2.05) is 0 Å². The van der Waals surface area contributed by atoms with Crippen molar-refractivity contribution in [3.63, 3.8) is 0 Å². The molecule has 1 aliphatic rings. The number of nitrogens with one attached hydrogen (secondary N) is 3. The van der Waals surface area contributed by atoms with Crippen molar-refractivity contribution in [3.05, 3.63) is 30.4 Å².